The number of aromatic nitrogens is 2. The molecule has 3 heterocycles. The molecular weight excluding hydrogens is 360 g/mol. The minimum atomic E-state index is 0.0189. The van der Waals surface area contributed by atoms with E-state index >= 15 is 0 Å². The number of aryl methyl sites for hydroxylation is 1. The molecule has 1 fully saturated rings. The van der Waals surface area contributed by atoms with Crippen molar-refractivity contribution < 1.29 is 4.79 Å². The SMILES string of the molecule is Cc1[nH]c(C2CCNCC2)nc1C(=O)N1CC=C(c2cccc3ccccc23)C1. The first-order chi connectivity index (χ1) is 14.2. The van der Waals surface area contributed by atoms with Gasteiger partial charge in [-0.3, -0.25) is 4.79 Å². The van der Waals surface area contributed by atoms with Gasteiger partial charge in [0.15, 0.2) is 0 Å². The van der Waals surface area contributed by atoms with E-state index in [9.17, 15) is 4.79 Å². The van der Waals surface area contributed by atoms with Crippen molar-refractivity contribution in [2.45, 2.75) is 25.7 Å². The molecule has 0 aliphatic carbocycles. The van der Waals surface area contributed by atoms with Crippen molar-refractivity contribution in [2.75, 3.05) is 26.2 Å². The molecule has 0 radical (unpaired) electrons. The highest BCUT2D eigenvalue weighted by Gasteiger charge is 2.27. The summed E-state index contributed by atoms with van der Waals surface area (Å²) in [5.74, 6) is 1.40. The van der Waals surface area contributed by atoms with Gasteiger partial charge in [0.1, 0.15) is 11.5 Å². The second-order valence-corrected chi connectivity index (χ2v) is 8.06. The van der Waals surface area contributed by atoms with E-state index in [0.29, 0.717) is 24.7 Å². The number of fused-ring (bicyclic) bond motifs is 1. The van der Waals surface area contributed by atoms with E-state index < -0.39 is 0 Å². The predicted molar refractivity (Wildman–Crippen MR) is 116 cm³/mol. The lowest BCUT2D eigenvalue weighted by molar-refractivity contribution is 0.0795. The maximum absolute atomic E-state index is 13.2. The van der Waals surface area contributed by atoms with Crippen molar-refractivity contribution in [1.29, 1.82) is 0 Å². The number of hydrogen-bond donors (Lipinski definition) is 2. The highest BCUT2D eigenvalue weighted by atomic mass is 16.2. The summed E-state index contributed by atoms with van der Waals surface area (Å²) in [6.07, 6.45) is 4.31. The van der Waals surface area contributed by atoms with E-state index in [1.54, 1.807) is 0 Å². The van der Waals surface area contributed by atoms with Gasteiger partial charge in [-0.2, -0.15) is 0 Å². The number of hydrogen-bond acceptors (Lipinski definition) is 3. The van der Waals surface area contributed by atoms with Crippen LogP contribution in [-0.4, -0.2) is 47.0 Å². The molecule has 0 bridgehead atoms. The van der Waals surface area contributed by atoms with Crippen molar-refractivity contribution in [1.82, 2.24) is 20.2 Å². The maximum Gasteiger partial charge on any atom is 0.274 e. The third kappa shape index (κ3) is 3.36. The monoisotopic (exact) mass is 386 g/mol. The van der Waals surface area contributed by atoms with Crippen molar-refractivity contribution in [3.8, 4) is 0 Å². The van der Waals surface area contributed by atoms with Gasteiger partial charge < -0.3 is 15.2 Å². The van der Waals surface area contributed by atoms with E-state index in [1.807, 2.05) is 11.8 Å². The molecule has 0 atom stereocenters. The molecule has 1 aromatic heterocycles. The molecule has 29 heavy (non-hydrogen) atoms. The van der Waals surface area contributed by atoms with Gasteiger partial charge in [-0.05, 0) is 54.8 Å². The van der Waals surface area contributed by atoms with Crippen LogP contribution in [0.2, 0.25) is 0 Å². The standard InChI is InChI=1S/C24H26N4O/c1-16-22(27-23(26-16)18-9-12-25-13-10-18)24(29)28-14-11-19(15-28)21-8-4-6-17-5-2-3-7-20(17)21/h2-8,11,18,25H,9-10,12-15H2,1H3,(H,26,27). The number of aromatic amines is 1. The smallest absolute Gasteiger partial charge is 0.274 e. The van der Waals surface area contributed by atoms with Crippen LogP contribution in [-0.2, 0) is 0 Å². The zero-order valence-electron chi connectivity index (χ0n) is 16.7. The highest BCUT2D eigenvalue weighted by Crippen LogP contribution is 2.30. The van der Waals surface area contributed by atoms with Gasteiger partial charge in [0.05, 0.1) is 0 Å². The number of carbonyl (C=O) groups excluding carboxylic acids is 1. The van der Waals surface area contributed by atoms with Crippen molar-refractivity contribution >= 4 is 22.3 Å². The van der Waals surface area contributed by atoms with E-state index in [4.69, 9.17) is 4.98 Å². The van der Waals surface area contributed by atoms with Gasteiger partial charge in [-0.15, -0.1) is 0 Å². The lowest BCUT2D eigenvalue weighted by atomic mass is 9.98. The highest BCUT2D eigenvalue weighted by molar-refractivity contribution is 5.98. The van der Waals surface area contributed by atoms with Crippen LogP contribution in [0.3, 0.4) is 0 Å². The molecule has 148 valence electrons. The molecule has 2 aliphatic rings. The molecular formula is C24H26N4O. The first-order valence-corrected chi connectivity index (χ1v) is 10.4. The third-order valence-corrected chi connectivity index (χ3v) is 6.17. The zero-order chi connectivity index (χ0) is 19.8. The van der Waals surface area contributed by atoms with Crippen LogP contribution in [0.4, 0.5) is 0 Å². The van der Waals surface area contributed by atoms with Crippen LogP contribution in [0.1, 0.15) is 46.3 Å². The number of piperidine rings is 1. The molecule has 0 spiro atoms. The number of H-pyrrole nitrogens is 1. The molecule has 0 saturated carbocycles. The summed E-state index contributed by atoms with van der Waals surface area (Å²) in [5, 5.41) is 5.85. The Bertz CT molecular complexity index is 1090. The lowest BCUT2D eigenvalue weighted by Gasteiger charge is -2.20. The van der Waals surface area contributed by atoms with Gasteiger partial charge in [-0.25, -0.2) is 4.98 Å². The summed E-state index contributed by atoms with van der Waals surface area (Å²) < 4.78 is 0. The fourth-order valence-corrected chi connectivity index (χ4v) is 4.54. The fourth-order valence-electron chi connectivity index (χ4n) is 4.54. The number of amides is 1. The Morgan fingerprint density at radius 2 is 1.90 bits per heavy atom. The fraction of sp³-hybridized carbons (Fsp3) is 0.333. The van der Waals surface area contributed by atoms with E-state index in [0.717, 1.165) is 37.4 Å². The first-order valence-electron chi connectivity index (χ1n) is 10.4. The van der Waals surface area contributed by atoms with Gasteiger partial charge in [0.2, 0.25) is 0 Å². The van der Waals surface area contributed by atoms with E-state index in [-0.39, 0.29) is 5.91 Å². The quantitative estimate of drug-likeness (QED) is 0.718. The summed E-state index contributed by atoms with van der Waals surface area (Å²) in [5.41, 5.74) is 3.88. The van der Waals surface area contributed by atoms with Crippen molar-refractivity contribution in [3.63, 3.8) is 0 Å². The van der Waals surface area contributed by atoms with E-state index in [1.165, 1.54) is 21.9 Å². The summed E-state index contributed by atoms with van der Waals surface area (Å²) in [6.45, 7) is 5.24. The molecule has 5 rings (SSSR count). The second kappa shape index (κ2) is 7.48. The molecule has 2 aliphatic heterocycles. The third-order valence-electron chi connectivity index (χ3n) is 6.17. The van der Waals surface area contributed by atoms with Crippen molar-refractivity contribution in [3.05, 3.63) is 71.3 Å². The molecule has 5 nitrogen and oxygen atoms in total. The maximum atomic E-state index is 13.2. The number of rotatable bonds is 3. The van der Waals surface area contributed by atoms with Gasteiger partial charge >= 0.3 is 0 Å². The summed E-state index contributed by atoms with van der Waals surface area (Å²) in [7, 11) is 0. The molecule has 1 saturated heterocycles. The number of nitrogens with one attached hydrogen (secondary N) is 2. The number of benzene rings is 2. The largest absolute Gasteiger partial charge is 0.345 e. The minimum absolute atomic E-state index is 0.0189. The normalized spacial score (nSPS) is 17.7. The van der Waals surface area contributed by atoms with Gasteiger partial charge in [0, 0.05) is 24.7 Å². The topological polar surface area (TPSA) is 61.0 Å². The van der Waals surface area contributed by atoms with Crippen molar-refractivity contribution in [2.24, 2.45) is 0 Å². The Kier molecular flexibility index (Phi) is 4.68. The minimum Gasteiger partial charge on any atom is -0.345 e. The van der Waals surface area contributed by atoms with Gasteiger partial charge in [-0.1, -0.05) is 48.5 Å². The van der Waals surface area contributed by atoms with Gasteiger partial charge in [0.25, 0.3) is 5.91 Å². The van der Waals surface area contributed by atoms with Crippen LogP contribution in [0.15, 0.2) is 48.5 Å². The van der Waals surface area contributed by atoms with Crippen LogP contribution in [0, 0.1) is 6.92 Å². The van der Waals surface area contributed by atoms with Crippen LogP contribution in [0.25, 0.3) is 16.3 Å². The summed E-state index contributed by atoms with van der Waals surface area (Å²) >= 11 is 0. The predicted octanol–water partition coefficient (Wildman–Crippen LogP) is 3.88. The Hall–Kier alpha value is -2.92. The number of carbonyl (C=O) groups is 1. The number of imidazole rings is 1. The molecule has 2 aromatic carbocycles. The average molecular weight is 386 g/mol. The van der Waals surface area contributed by atoms with E-state index in [2.05, 4.69) is 58.8 Å². The van der Waals surface area contributed by atoms with Crippen LogP contribution in [0.5, 0.6) is 0 Å². The molecule has 2 N–H and O–H groups in total. The Labute approximate surface area is 170 Å². The Morgan fingerprint density at radius 3 is 2.76 bits per heavy atom. The number of nitrogens with zero attached hydrogens (tertiary/aromatic N) is 2. The molecule has 3 aromatic rings. The Balaban J connectivity index is 1.36. The second-order valence-electron chi connectivity index (χ2n) is 8.06. The first kappa shape index (κ1) is 18.1. The van der Waals surface area contributed by atoms with Crippen LogP contribution < -0.4 is 5.32 Å². The molecule has 5 heteroatoms. The Morgan fingerprint density at radius 1 is 1.10 bits per heavy atom. The molecule has 0 unspecified atom stereocenters. The summed E-state index contributed by atoms with van der Waals surface area (Å²) in [4.78, 5) is 23.2. The molecule has 1 amide bonds. The average Bonchev–Trinajstić information content (AvgIpc) is 3.41. The van der Waals surface area contributed by atoms with Crippen LogP contribution >= 0.6 is 0 Å². The lowest BCUT2D eigenvalue weighted by Crippen LogP contribution is -2.30. The summed E-state index contributed by atoms with van der Waals surface area (Å²) in [6, 6.07) is 14.8. The zero-order valence-corrected chi connectivity index (χ0v) is 16.7.